The summed E-state index contributed by atoms with van der Waals surface area (Å²) in [6.07, 6.45) is 0. The number of hydrogen-bond acceptors (Lipinski definition) is 1. The van der Waals surface area contributed by atoms with Gasteiger partial charge in [0.15, 0.2) is 0 Å². The molecule has 0 fully saturated rings. The van der Waals surface area contributed by atoms with Gasteiger partial charge in [0.2, 0.25) is 5.91 Å². The third-order valence-corrected chi connectivity index (χ3v) is 5.28. The van der Waals surface area contributed by atoms with Crippen LogP contribution in [0.2, 0.25) is 0 Å². The van der Waals surface area contributed by atoms with Gasteiger partial charge in [-0.1, -0.05) is 62.3 Å². The quantitative estimate of drug-likeness (QED) is 0.659. The van der Waals surface area contributed by atoms with Crippen molar-refractivity contribution in [3.05, 3.63) is 0 Å². The number of hydrogen-bond donors (Lipinski definition) is 0. The Morgan fingerprint density at radius 1 is 0.857 bits per heavy atom. The molecule has 0 aliphatic rings. The maximum atomic E-state index is 11.2. The van der Waals surface area contributed by atoms with E-state index >= 15 is 0 Å². The van der Waals surface area contributed by atoms with E-state index in [9.17, 15) is 4.79 Å². The van der Waals surface area contributed by atoms with Crippen molar-refractivity contribution in [2.24, 2.45) is 29.1 Å². The molecule has 0 bridgehead atoms. The van der Waals surface area contributed by atoms with Crippen LogP contribution in [0.3, 0.4) is 0 Å². The number of nitrogens with zero attached hydrogens (tertiary/aromatic N) is 1. The predicted octanol–water partition coefficient (Wildman–Crippen LogP) is 5.47. The molecule has 2 heteroatoms. The lowest BCUT2D eigenvalue weighted by molar-refractivity contribution is -0.134. The van der Waals surface area contributed by atoms with Crippen LogP contribution in [0.4, 0.5) is 0 Å². The first-order chi connectivity index (χ1) is 9.26. The minimum atomic E-state index is 0.118. The Morgan fingerprint density at radius 3 is 1.33 bits per heavy atom. The molecule has 0 aliphatic carbocycles. The van der Waals surface area contributed by atoms with E-state index in [2.05, 4.69) is 48.5 Å². The van der Waals surface area contributed by atoms with Gasteiger partial charge in [-0.15, -0.1) is 0 Å². The Labute approximate surface area is 134 Å². The van der Waals surface area contributed by atoms with E-state index in [0.29, 0.717) is 11.5 Å². The Hall–Kier alpha value is -0.530. The molecule has 21 heavy (non-hydrogen) atoms. The number of carbonyl (C=O) groups is 1. The molecule has 0 aromatic heterocycles. The monoisotopic (exact) mass is 299 g/mol. The van der Waals surface area contributed by atoms with Crippen molar-refractivity contribution in [1.82, 2.24) is 4.90 Å². The summed E-state index contributed by atoms with van der Waals surface area (Å²) in [4.78, 5) is 13.0. The van der Waals surface area contributed by atoms with Crippen LogP contribution in [0.1, 0.15) is 76.2 Å². The second-order valence-corrected chi connectivity index (χ2v) is 8.21. The summed E-state index contributed by atoms with van der Waals surface area (Å²) in [5, 5.41) is 0. The van der Waals surface area contributed by atoms with Gasteiger partial charge in [0.05, 0.1) is 0 Å². The van der Waals surface area contributed by atoms with Gasteiger partial charge in [-0.05, 0) is 37.0 Å². The van der Waals surface area contributed by atoms with Gasteiger partial charge in [0.1, 0.15) is 0 Å². The molecule has 0 aromatic rings. The lowest BCUT2D eigenvalue weighted by atomic mass is 9.67. The summed E-state index contributed by atoms with van der Waals surface area (Å²) in [6, 6.07) is 0.315. The summed E-state index contributed by atoms with van der Waals surface area (Å²) in [5.74, 6) is 2.72. The highest BCUT2D eigenvalue weighted by Crippen LogP contribution is 2.38. The van der Waals surface area contributed by atoms with Gasteiger partial charge in [-0.25, -0.2) is 0 Å². The van der Waals surface area contributed by atoms with Crippen LogP contribution in [0.5, 0.6) is 0 Å². The van der Waals surface area contributed by atoms with Crippen molar-refractivity contribution < 1.29 is 4.79 Å². The first-order valence-electron chi connectivity index (χ1n) is 8.53. The zero-order valence-electron chi connectivity index (χ0n) is 16.7. The lowest BCUT2D eigenvalue weighted by Crippen LogP contribution is -2.35. The van der Waals surface area contributed by atoms with Crippen LogP contribution < -0.4 is 0 Å². The lowest BCUT2D eigenvalue weighted by Gasteiger charge is -2.38. The molecule has 0 spiro atoms. The average molecular weight is 300 g/mol. The Morgan fingerprint density at radius 2 is 1.24 bits per heavy atom. The van der Waals surface area contributed by atoms with E-state index in [1.165, 1.54) is 0 Å². The van der Waals surface area contributed by atoms with Gasteiger partial charge in [-0.2, -0.15) is 0 Å². The Kier molecular flexibility index (Phi) is 10.3. The highest BCUT2D eigenvalue weighted by Gasteiger charge is 2.30. The third-order valence-electron chi connectivity index (χ3n) is 5.28. The second kappa shape index (κ2) is 9.48. The molecular formula is C19H41NO. The molecule has 0 aromatic carbocycles. The van der Waals surface area contributed by atoms with Crippen molar-refractivity contribution in [3.63, 3.8) is 0 Å². The zero-order valence-corrected chi connectivity index (χ0v) is 16.7. The van der Waals surface area contributed by atoms with Crippen LogP contribution in [0.25, 0.3) is 0 Å². The van der Waals surface area contributed by atoms with Crippen LogP contribution in [-0.4, -0.2) is 23.9 Å². The number of amides is 1. The summed E-state index contributed by atoms with van der Waals surface area (Å²) < 4.78 is 0. The molecule has 128 valence electrons. The SMILES string of the molecule is CC(C)C(=O)N(C)C(C)C.CC(C)C(C)C(C)(C)C(C)C. The molecule has 0 heterocycles. The van der Waals surface area contributed by atoms with E-state index in [-0.39, 0.29) is 11.8 Å². The molecule has 1 atom stereocenters. The highest BCUT2D eigenvalue weighted by atomic mass is 16.2. The normalized spacial score (nSPS) is 13.5. The summed E-state index contributed by atoms with van der Waals surface area (Å²) in [5.41, 5.74) is 0.480. The Balaban J connectivity index is 0. The van der Waals surface area contributed by atoms with Crippen LogP contribution in [0, 0.1) is 29.1 Å². The van der Waals surface area contributed by atoms with Crippen LogP contribution in [0.15, 0.2) is 0 Å². The van der Waals surface area contributed by atoms with E-state index in [4.69, 9.17) is 0 Å². The first-order valence-corrected chi connectivity index (χ1v) is 8.53. The molecule has 0 saturated heterocycles. The molecule has 0 radical (unpaired) electrons. The van der Waals surface area contributed by atoms with Gasteiger partial charge in [0, 0.05) is 19.0 Å². The minimum Gasteiger partial charge on any atom is -0.343 e. The van der Waals surface area contributed by atoms with E-state index in [1.807, 2.05) is 34.7 Å². The van der Waals surface area contributed by atoms with Crippen molar-refractivity contribution in [3.8, 4) is 0 Å². The molecule has 0 rings (SSSR count). The highest BCUT2D eigenvalue weighted by molar-refractivity contribution is 5.78. The van der Waals surface area contributed by atoms with Crippen molar-refractivity contribution in [2.45, 2.75) is 82.2 Å². The maximum absolute atomic E-state index is 11.2. The van der Waals surface area contributed by atoms with Crippen molar-refractivity contribution >= 4 is 5.91 Å². The fourth-order valence-corrected chi connectivity index (χ4v) is 2.05. The second-order valence-electron chi connectivity index (χ2n) is 8.21. The molecule has 0 aliphatic heterocycles. The summed E-state index contributed by atoms with van der Waals surface area (Å²) >= 11 is 0. The number of rotatable bonds is 5. The zero-order chi connectivity index (χ0) is 17.5. The smallest absolute Gasteiger partial charge is 0.225 e. The van der Waals surface area contributed by atoms with E-state index < -0.39 is 0 Å². The fraction of sp³-hybridized carbons (Fsp3) is 0.947. The van der Waals surface area contributed by atoms with Gasteiger partial charge in [0.25, 0.3) is 0 Å². The Bertz CT molecular complexity index is 290. The first kappa shape index (κ1) is 22.7. The molecule has 0 N–H and O–H groups in total. The van der Waals surface area contributed by atoms with Gasteiger partial charge >= 0.3 is 0 Å². The van der Waals surface area contributed by atoms with Gasteiger partial charge in [-0.3, -0.25) is 4.79 Å². The summed E-state index contributed by atoms with van der Waals surface area (Å²) in [6.45, 7) is 24.2. The van der Waals surface area contributed by atoms with Gasteiger partial charge < -0.3 is 4.90 Å². The standard InChI is InChI=1S/C11H24.C8H17NO/c1-8(2)10(5)11(6,7)9(3)4;1-6(2)8(10)9(5)7(3)4/h8-10H,1-7H3;6-7H,1-5H3. The minimum absolute atomic E-state index is 0.118. The fourth-order valence-electron chi connectivity index (χ4n) is 2.05. The molecule has 1 unspecified atom stereocenters. The molecular weight excluding hydrogens is 258 g/mol. The molecule has 2 nitrogen and oxygen atoms in total. The average Bonchev–Trinajstić information content (AvgIpc) is 2.35. The molecule has 0 saturated carbocycles. The van der Waals surface area contributed by atoms with Crippen LogP contribution in [-0.2, 0) is 4.79 Å². The third kappa shape index (κ3) is 7.87. The topological polar surface area (TPSA) is 20.3 Å². The van der Waals surface area contributed by atoms with Crippen molar-refractivity contribution in [2.75, 3.05) is 7.05 Å². The van der Waals surface area contributed by atoms with Crippen LogP contribution >= 0.6 is 0 Å². The maximum Gasteiger partial charge on any atom is 0.225 e. The largest absolute Gasteiger partial charge is 0.343 e. The summed E-state index contributed by atoms with van der Waals surface area (Å²) in [7, 11) is 1.84. The van der Waals surface area contributed by atoms with E-state index in [1.54, 1.807) is 4.90 Å². The van der Waals surface area contributed by atoms with Crippen molar-refractivity contribution in [1.29, 1.82) is 0 Å². The number of carbonyl (C=O) groups excluding carboxylic acids is 1. The predicted molar refractivity (Wildman–Crippen MR) is 95.4 cm³/mol. The molecule has 1 amide bonds. The van der Waals surface area contributed by atoms with E-state index in [0.717, 1.165) is 17.8 Å².